The average molecular weight is 397 g/mol. The second-order valence-corrected chi connectivity index (χ2v) is 6.36. The van der Waals surface area contributed by atoms with Crippen molar-refractivity contribution in [2.75, 3.05) is 26.1 Å². The van der Waals surface area contributed by atoms with Crippen molar-refractivity contribution in [2.24, 2.45) is 0 Å². The van der Waals surface area contributed by atoms with Crippen LogP contribution >= 0.6 is 0 Å². The lowest BCUT2D eigenvalue weighted by Crippen LogP contribution is -2.09. The van der Waals surface area contributed by atoms with Gasteiger partial charge in [0.05, 0.1) is 26.4 Å². The molecule has 2 aromatic carbocycles. The fourth-order valence-electron chi connectivity index (χ4n) is 2.64. The number of rotatable bonds is 10. The summed E-state index contributed by atoms with van der Waals surface area (Å²) < 4.78 is 15.8. The van der Waals surface area contributed by atoms with E-state index >= 15 is 0 Å². The Bertz CT molecular complexity index is 860. The first-order valence-electron chi connectivity index (χ1n) is 9.55. The first-order chi connectivity index (χ1) is 14.1. The van der Waals surface area contributed by atoms with Crippen molar-refractivity contribution in [3.05, 3.63) is 59.7 Å². The van der Waals surface area contributed by atoms with Crippen LogP contribution in [0.5, 0.6) is 11.5 Å². The highest BCUT2D eigenvalue weighted by Crippen LogP contribution is 2.28. The topological polar surface area (TPSA) is 73.9 Å². The largest absolute Gasteiger partial charge is 0.493 e. The number of anilines is 1. The highest BCUT2D eigenvalue weighted by molar-refractivity contribution is 6.02. The molecule has 2 rings (SSSR count). The number of esters is 1. The third kappa shape index (κ3) is 6.99. The van der Waals surface area contributed by atoms with Crippen LogP contribution in [0.1, 0.15) is 42.1 Å². The molecule has 0 radical (unpaired) electrons. The molecule has 1 N–H and O–H groups in total. The fourth-order valence-corrected chi connectivity index (χ4v) is 2.64. The number of nitrogens with one attached hydrogen (secondary N) is 1. The summed E-state index contributed by atoms with van der Waals surface area (Å²) in [5, 5.41) is 2.72. The number of carbonyl (C=O) groups is 2. The molecule has 0 aliphatic carbocycles. The second kappa shape index (κ2) is 11.5. The molecule has 29 heavy (non-hydrogen) atoms. The molecule has 0 unspecified atom stereocenters. The molecular formula is C23H27NO5. The molecular weight excluding hydrogens is 370 g/mol. The highest BCUT2D eigenvalue weighted by atomic mass is 16.5. The molecule has 0 fully saturated rings. The molecule has 0 spiro atoms. The van der Waals surface area contributed by atoms with E-state index < -0.39 is 5.97 Å². The van der Waals surface area contributed by atoms with Crippen LogP contribution in [0.25, 0.3) is 6.08 Å². The van der Waals surface area contributed by atoms with Crippen LogP contribution in [-0.4, -0.2) is 32.7 Å². The normalized spacial score (nSPS) is 10.6. The fraction of sp³-hybridized carbons (Fsp3) is 0.304. The Morgan fingerprint density at radius 1 is 1.03 bits per heavy atom. The summed E-state index contributed by atoms with van der Waals surface area (Å²) in [6.45, 7) is 2.79. The lowest BCUT2D eigenvalue weighted by molar-refractivity contribution is -0.111. The van der Waals surface area contributed by atoms with Crippen molar-refractivity contribution >= 4 is 23.6 Å². The predicted molar refractivity (Wildman–Crippen MR) is 113 cm³/mol. The van der Waals surface area contributed by atoms with Gasteiger partial charge in [0.1, 0.15) is 0 Å². The number of benzene rings is 2. The third-order valence-electron chi connectivity index (χ3n) is 4.17. The number of amides is 1. The van der Waals surface area contributed by atoms with Gasteiger partial charge in [0.25, 0.3) is 0 Å². The Morgan fingerprint density at radius 3 is 2.59 bits per heavy atom. The number of hydrogen-bond acceptors (Lipinski definition) is 5. The van der Waals surface area contributed by atoms with Crippen LogP contribution in [0.3, 0.4) is 0 Å². The van der Waals surface area contributed by atoms with E-state index in [0.29, 0.717) is 29.4 Å². The van der Waals surface area contributed by atoms with Gasteiger partial charge in [-0.25, -0.2) is 4.79 Å². The van der Waals surface area contributed by atoms with E-state index in [1.54, 1.807) is 37.5 Å². The zero-order chi connectivity index (χ0) is 21.1. The molecule has 1 amide bonds. The van der Waals surface area contributed by atoms with E-state index in [9.17, 15) is 9.59 Å². The van der Waals surface area contributed by atoms with E-state index in [1.807, 2.05) is 18.2 Å². The zero-order valence-corrected chi connectivity index (χ0v) is 17.1. The Morgan fingerprint density at radius 2 is 1.86 bits per heavy atom. The lowest BCUT2D eigenvalue weighted by Gasteiger charge is -2.11. The first kappa shape index (κ1) is 22.0. The molecule has 0 atom stereocenters. The third-order valence-corrected chi connectivity index (χ3v) is 4.17. The smallest absolute Gasteiger partial charge is 0.337 e. The van der Waals surface area contributed by atoms with Crippen LogP contribution in [0, 0.1) is 0 Å². The van der Waals surface area contributed by atoms with Crippen molar-refractivity contribution in [2.45, 2.75) is 26.2 Å². The Hall–Kier alpha value is -3.28. The van der Waals surface area contributed by atoms with Crippen molar-refractivity contribution < 1.29 is 23.8 Å². The maximum Gasteiger partial charge on any atom is 0.337 e. The van der Waals surface area contributed by atoms with Crippen molar-refractivity contribution in [3.8, 4) is 11.5 Å². The van der Waals surface area contributed by atoms with Gasteiger partial charge in [-0.3, -0.25) is 4.79 Å². The molecule has 0 aliphatic rings. The van der Waals surface area contributed by atoms with E-state index in [2.05, 4.69) is 17.0 Å². The van der Waals surface area contributed by atoms with Gasteiger partial charge in [-0.2, -0.15) is 0 Å². The number of carbonyl (C=O) groups excluding carboxylic acids is 2. The molecule has 154 valence electrons. The minimum atomic E-state index is -0.458. The van der Waals surface area contributed by atoms with Gasteiger partial charge in [0.15, 0.2) is 11.5 Å². The van der Waals surface area contributed by atoms with Crippen LogP contribution in [0.2, 0.25) is 0 Å². The van der Waals surface area contributed by atoms with E-state index in [0.717, 1.165) is 24.8 Å². The van der Waals surface area contributed by atoms with E-state index in [4.69, 9.17) is 9.47 Å². The molecule has 0 bridgehead atoms. The standard InChI is InChI=1S/C23H27NO5/c1-4-5-6-14-29-20-12-10-17(15-21(20)27-2)11-13-22(25)24-19-9-7-8-18(16-19)23(26)28-3/h7-13,15-16H,4-6,14H2,1-3H3,(H,24,25)/b13-11+. The summed E-state index contributed by atoms with van der Waals surface area (Å²) in [6, 6.07) is 12.1. The minimum Gasteiger partial charge on any atom is -0.493 e. The maximum absolute atomic E-state index is 12.2. The maximum atomic E-state index is 12.2. The number of hydrogen-bond donors (Lipinski definition) is 1. The van der Waals surface area contributed by atoms with Gasteiger partial charge in [-0.1, -0.05) is 31.9 Å². The monoisotopic (exact) mass is 397 g/mol. The van der Waals surface area contributed by atoms with E-state index in [1.165, 1.54) is 13.2 Å². The van der Waals surface area contributed by atoms with Gasteiger partial charge < -0.3 is 19.5 Å². The number of methoxy groups -OCH3 is 2. The Labute approximate surface area is 171 Å². The predicted octanol–water partition coefficient (Wildman–Crippen LogP) is 4.70. The summed E-state index contributed by atoms with van der Waals surface area (Å²) in [5.74, 6) is 0.534. The van der Waals surface area contributed by atoms with Crippen LogP contribution < -0.4 is 14.8 Å². The quantitative estimate of drug-likeness (QED) is 0.357. The van der Waals surface area contributed by atoms with Crippen molar-refractivity contribution in [1.82, 2.24) is 0 Å². The summed E-state index contributed by atoms with van der Waals surface area (Å²) in [6.07, 6.45) is 6.36. The van der Waals surface area contributed by atoms with Gasteiger partial charge >= 0.3 is 5.97 Å². The number of ether oxygens (including phenoxy) is 3. The average Bonchev–Trinajstić information content (AvgIpc) is 2.75. The Kier molecular flexibility index (Phi) is 8.76. The summed E-state index contributed by atoms with van der Waals surface area (Å²) in [5.41, 5.74) is 1.69. The van der Waals surface area contributed by atoms with Crippen LogP contribution in [0.4, 0.5) is 5.69 Å². The molecule has 0 aromatic heterocycles. The summed E-state index contributed by atoms with van der Waals surface area (Å²) in [7, 11) is 2.90. The van der Waals surface area contributed by atoms with Gasteiger partial charge in [0.2, 0.25) is 5.91 Å². The molecule has 0 saturated heterocycles. The summed E-state index contributed by atoms with van der Waals surface area (Å²) >= 11 is 0. The molecule has 0 saturated carbocycles. The van der Waals surface area contributed by atoms with Crippen LogP contribution in [-0.2, 0) is 9.53 Å². The Balaban J connectivity index is 1.99. The highest BCUT2D eigenvalue weighted by Gasteiger charge is 2.07. The minimum absolute atomic E-state index is 0.314. The molecule has 6 nitrogen and oxygen atoms in total. The van der Waals surface area contributed by atoms with Crippen molar-refractivity contribution in [1.29, 1.82) is 0 Å². The molecule has 2 aromatic rings. The van der Waals surface area contributed by atoms with Gasteiger partial charge in [0, 0.05) is 11.8 Å². The SMILES string of the molecule is CCCCCOc1ccc(/C=C/C(=O)Nc2cccc(C(=O)OC)c2)cc1OC. The molecule has 0 aliphatic heterocycles. The van der Waals surface area contributed by atoms with Crippen LogP contribution in [0.15, 0.2) is 48.5 Å². The van der Waals surface area contributed by atoms with E-state index in [-0.39, 0.29) is 5.91 Å². The van der Waals surface area contributed by atoms with Gasteiger partial charge in [-0.05, 0) is 48.4 Å². The molecule has 6 heteroatoms. The van der Waals surface area contributed by atoms with Crippen molar-refractivity contribution in [3.63, 3.8) is 0 Å². The summed E-state index contributed by atoms with van der Waals surface area (Å²) in [4.78, 5) is 23.8. The van der Waals surface area contributed by atoms with Gasteiger partial charge in [-0.15, -0.1) is 0 Å². The second-order valence-electron chi connectivity index (χ2n) is 6.36. The lowest BCUT2D eigenvalue weighted by atomic mass is 10.1. The number of unbranched alkanes of at least 4 members (excludes halogenated alkanes) is 2. The zero-order valence-electron chi connectivity index (χ0n) is 17.1. The first-order valence-corrected chi connectivity index (χ1v) is 9.55. The molecule has 0 heterocycles.